The molecule has 30 heavy (non-hydrogen) atoms. The van der Waals surface area contributed by atoms with Gasteiger partial charge in [0.15, 0.2) is 0 Å². The molecule has 4 aromatic rings. The number of halogens is 2. The summed E-state index contributed by atoms with van der Waals surface area (Å²) in [5, 5.41) is 1.79. The van der Waals surface area contributed by atoms with Crippen molar-refractivity contribution in [2.45, 2.75) is 0 Å². The Balaban J connectivity index is 1.51. The van der Waals surface area contributed by atoms with Crippen LogP contribution in [-0.2, 0) is 0 Å². The summed E-state index contributed by atoms with van der Waals surface area (Å²) in [6, 6.07) is 22.4. The first-order chi connectivity index (χ1) is 14.6. The zero-order valence-corrected chi connectivity index (χ0v) is 16.2. The number of ether oxygens (including phenoxy) is 1. The molecule has 0 saturated carbocycles. The zero-order chi connectivity index (χ0) is 20.9. The van der Waals surface area contributed by atoms with Crippen molar-refractivity contribution in [2.24, 2.45) is 0 Å². The second-order valence-electron chi connectivity index (χ2n) is 6.63. The van der Waals surface area contributed by atoms with Crippen LogP contribution in [0.5, 0.6) is 5.75 Å². The second kappa shape index (κ2) is 8.52. The van der Waals surface area contributed by atoms with Gasteiger partial charge in [0.1, 0.15) is 17.4 Å². The van der Waals surface area contributed by atoms with Crippen LogP contribution in [0.2, 0.25) is 0 Å². The average molecular weight is 394 g/mol. The molecule has 0 atom stereocenters. The van der Waals surface area contributed by atoms with Crippen LogP contribution in [0.4, 0.5) is 8.78 Å². The summed E-state index contributed by atoms with van der Waals surface area (Å²) < 4.78 is 32.2. The van der Waals surface area contributed by atoms with E-state index < -0.39 is 5.82 Å². The van der Waals surface area contributed by atoms with E-state index in [0.29, 0.717) is 11.3 Å². The van der Waals surface area contributed by atoms with Crippen LogP contribution in [0, 0.1) is 35.3 Å². The van der Waals surface area contributed by atoms with Gasteiger partial charge in [-0.3, -0.25) is 0 Å². The van der Waals surface area contributed by atoms with Crippen molar-refractivity contribution in [2.75, 3.05) is 7.11 Å². The van der Waals surface area contributed by atoms with Gasteiger partial charge >= 0.3 is 0 Å². The molecule has 0 aliphatic heterocycles. The third-order valence-electron chi connectivity index (χ3n) is 4.56. The van der Waals surface area contributed by atoms with Crippen LogP contribution < -0.4 is 4.74 Å². The monoisotopic (exact) mass is 394 g/mol. The van der Waals surface area contributed by atoms with Gasteiger partial charge in [-0.05, 0) is 71.4 Å². The normalized spacial score (nSPS) is 9.97. The molecule has 1 nitrogen and oxygen atoms in total. The van der Waals surface area contributed by atoms with Gasteiger partial charge in [-0.2, -0.15) is 0 Å². The molecular weight excluding hydrogens is 378 g/mol. The summed E-state index contributed by atoms with van der Waals surface area (Å²) in [5.74, 6) is 11.8. The molecule has 0 unspecified atom stereocenters. The first-order valence-electron chi connectivity index (χ1n) is 9.28. The van der Waals surface area contributed by atoms with Crippen LogP contribution in [0.25, 0.3) is 10.8 Å². The molecule has 0 aliphatic rings. The highest BCUT2D eigenvalue weighted by atomic mass is 19.1. The fourth-order valence-electron chi connectivity index (χ4n) is 2.94. The predicted molar refractivity (Wildman–Crippen MR) is 115 cm³/mol. The lowest BCUT2D eigenvalue weighted by Gasteiger charge is -2.00. The molecular formula is C27H16F2O. The maximum Gasteiger partial charge on any atom is 0.142 e. The highest BCUT2D eigenvalue weighted by molar-refractivity contribution is 5.84. The predicted octanol–water partition coefficient (Wildman–Crippen LogP) is 5.93. The Morgan fingerprint density at radius 1 is 0.600 bits per heavy atom. The van der Waals surface area contributed by atoms with Crippen molar-refractivity contribution < 1.29 is 13.5 Å². The Morgan fingerprint density at radius 3 is 1.90 bits per heavy atom. The summed E-state index contributed by atoms with van der Waals surface area (Å²) in [6.07, 6.45) is 0. The van der Waals surface area contributed by atoms with E-state index >= 15 is 0 Å². The van der Waals surface area contributed by atoms with Gasteiger partial charge in [0.2, 0.25) is 0 Å². The van der Waals surface area contributed by atoms with E-state index in [0.717, 1.165) is 27.5 Å². The van der Waals surface area contributed by atoms with E-state index in [1.807, 2.05) is 42.5 Å². The fourth-order valence-corrected chi connectivity index (χ4v) is 2.94. The maximum absolute atomic E-state index is 14.0. The van der Waals surface area contributed by atoms with Crippen molar-refractivity contribution >= 4 is 10.8 Å². The highest BCUT2D eigenvalue weighted by Crippen LogP contribution is 2.17. The minimum Gasteiger partial charge on any atom is -0.497 e. The van der Waals surface area contributed by atoms with Crippen molar-refractivity contribution in [1.82, 2.24) is 0 Å². The third kappa shape index (κ3) is 4.49. The third-order valence-corrected chi connectivity index (χ3v) is 4.56. The quantitative estimate of drug-likeness (QED) is 0.364. The number of fused-ring (bicyclic) bond motifs is 1. The van der Waals surface area contributed by atoms with Gasteiger partial charge in [0.25, 0.3) is 0 Å². The molecule has 0 amide bonds. The van der Waals surface area contributed by atoms with E-state index in [1.54, 1.807) is 18.2 Å². The fraction of sp³-hybridized carbons (Fsp3) is 0.0370. The Kier molecular flexibility index (Phi) is 5.46. The van der Waals surface area contributed by atoms with E-state index in [-0.39, 0.29) is 5.82 Å². The Hall–Kier alpha value is -4.08. The first kappa shape index (κ1) is 19.2. The molecule has 0 saturated heterocycles. The molecule has 4 aromatic carbocycles. The van der Waals surface area contributed by atoms with Gasteiger partial charge in [-0.25, -0.2) is 8.78 Å². The average Bonchev–Trinajstić information content (AvgIpc) is 2.77. The number of rotatable bonds is 1. The smallest absolute Gasteiger partial charge is 0.142 e. The molecule has 144 valence electrons. The van der Waals surface area contributed by atoms with Crippen LogP contribution in [0.3, 0.4) is 0 Å². The first-order valence-corrected chi connectivity index (χ1v) is 9.28. The Labute approximate surface area is 173 Å². The minimum atomic E-state index is -0.414. The van der Waals surface area contributed by atoms with Crippen LogP contribution in [0.1, 0.15) is 22.3 Å². The van der Waals surface area contributed by atoms with E-state index in [1.165, 1.54) is 25.3 Å². The molecule has 0 aromatic heterocycles. The largest absolute Gasteiger partial charge is 0.497 e. The van der Waals surface area contributed by atoms with Crippen molar-refractivity contribution in [3.63, 3.8) is 0 Å². The Bertz CT molecular complexity index is 1350. The Morgan fingerprint density at radius 2 is 1.20 bits per heavy atom. The molecule has 0 bridgehead atoms. The molecule has 0 N–H and O–H groups in total. The van der Waals surface area contributed by atoms with E-state index in [2.05, 4.69) is 23.7 Å². The van der Waals surface area contributed by atoms with Crippen molar-refractivity contribution in [1.29, 1.82) is 0 Å². The maximum atomic E-state index is 14.0. The van der Waals surface area contributed by atoms with Gasteiger partial charge in [0.05, 0.1) is 12.7 Å². The topological polar surface area (TPSA) is 9.23 Å². The molecule has 0 fully saturated rings. The summed E-state index contributed by atoms with van der Waals surface area (Å²) in [6.45, 7) is 0. The number of benzene rings is 4. The van der Waals surface area contributed by atoms with Crippen LogP contribution in [-0.4, -0.2) is 7.11 Å². The standard InChI is InChI=1S/C27H16F2O/c1-30-26-15-13-22(27(29)18-26)10-8-20-4-2-19(3-5-20)6-7-21-9-11-24-17-25(28)14-12-23(24)16-21/h2-5,9,11-18H,1H3. The molecule has 0 radical (unpaired) electrons. The van der Waals surface area contributed by atoms with Crippen molar-refractivity contribution in [3.8, 4) is 29.4 Å². The zero-order valence-electron chi connectivity index (χ0n) is 16.2. The van der Waals surface area contributed by atoms with Crippen molar-refractivity contribution in [3.05, 3.63) is 113 Å². The molecule has 4 rings (SSSR count). The minimum absolute atomic E-state index is 0.251. The summed E-state index contributed by atoms with van der Waals surface area (Å²) in [5.41, 5.74) is 2.78. The van der Waals surface area contributed by atoms with Crippen LogP contribution >= 0.6 is 0 Å². The summed E-state index contributed by atoms with van der Waals surface area (Å²) in [7, 11) is 1.49. The second-order valence-corrected chi connectivity index (χ2v) is 6.63. The highest BCUT2D eigenvalue weighted by Gasteiger charge is 2.01. The molecule has 0 spiro atoms. The van der Waals surface area contributed by atoms with Gasteiger partial charge < -0.3 is 4.74 Å². The lowest BCUT2D eigenvalue weighted by Crippen LogP contribution is -1.87. The van der Waals surface area contributed by atoms with Gasteiger partial charge in [-0.1, -0.05) is 35.8 Å². The number of hydrogen-bond acceptors (Lipinski definition) is 1. The van der Waals surface area contributed by atoms with E-state index in [4.69, 9.17) is 4.74 Å². The lowest BCUT2D eigenvalue weighted by atomic mass is 10.1. The number of methoxy groups -OCH3 is 1. The lowest BCUT2D eigenvalue weighted by molar-refractivity contribution is 0.411. The van der Waals surface area contributed by atoms with Gasteiger partial charge in [0, 0.05) is 22.8 Å². The molecule has 0 aliphatic carbocycles. The number of hydrogen-bond donors (Lipinski definition) is 0. The van der Waals surface area contributed by atoms with Crippen LogP contribution in [0.15, 0.2) is 78.9 Å². The van der Waals surface area contributed by atoms with Gasteiger partial charge in [-0.15, -0.1) is 0 Å². The summed E-state index contributed by atoms with van der Waals surface area (Å²) >= 11 is 0. The van der Waals surface area contributed by atoms with E-state index in [9.17, 15) is 8.78 Å². The summed E-state index contributed by atoms with van der Waals surface area (Å²) in [4.78, 5) is 0. The molecule has 3 heteroatoms. The SMILES string of the molecule is COc1ccc(C#Cc2ccc(C#Cc3ccc4cc(F)ccc4c3)cc2)c(F)c1. The molecule has 0 heterocycles.